The molecule has 0 aliphatic carbocycles. The van der Waals surface area contributed by atoms with Gasteiger partial charge in [-0.2, -0.15) is 0 Å². The molecule has 0 aliphatic heterocycles. The molecular formula is C13H18N2O3. The van der Waals surface area contributed by atoms with Gasteiger partial charge in [-0.25, -0.2) is 4.79 Å². The van der Waals surface area contributed by atoms with Crippen LogP contribution >= 0.6 is 0 Å². The number of benzene rings is 1. The van der Waals surface area contributed by atoms with Gasteiger partial charge in [0, 0.05) is 11.3 Å². The molecule has 2 amide bonds. The molecule has 0 saturated carbocycles. The van der Waals surface area contributed by atoms with Crippen LogP contribution in [0, 0.1) is 6.92 Å². The molecule has 0 aliphatic rings. The Morgan fingerprint density at radius 2 is 2.11 bits per heavy atom. The van der Waals surface area contributed by atoms with Gasteiger partial charge >= 0.3 is 6.03 Å². The first-order valence-electron chi connectivity index (χ1n) is 5.64. The third-order valence-corrected chi connectivity index (χ3v) is 2.60. The normalized spacial score (nSPS) is 10.9. The van der Waals surface area contributed by atoms with E-state index >= 15 is 0 Å². The monoisotopic (exact) mass is 250 g/mol. The minimum absolute atomic E-state index is 0.159. The van der Waals surface area contributed by atoms with Gasteiger partial charge in [0.1, 0.15) is 6.29 Å². The van der Waals surface area contributed by atoms with E-state index in [0.29, 0.717) is 16.8 Å². The van der Waals surface area contributed by atoms with E-state index in [1.165, 1.54) is 0 Å². The zero-order valence-corrected chi connectivity index (χ0v) is 10.8. The molecule has 0 saturated heterocycles. The lowest BCUT2D eigenvalue weighted by Crippen LogP contribution is -2.48. The third kappa shape index (κ3) is 3.56. The van der Waals surface area contributed by atoms with Gasteiger partial charge in [0.05, 0.1) is 12.1 Å². The Morgan fingerprint density at radius 1 is 1.44 bits per heavy atom. The van der Waals surface area contributed by atoms with Crippen molar-refractivity contribution in [2.45, 2.75) is 26.3 Å². The summed E-state index contributed by atoms with van der Waals surface area (Å²) in [7, 11) is 0. The van der Waals surface area contributed by atoms with Crippen molar-refractivity contribution in [2.24, 2.45) is 0 Å². The summed E-state index contributed by atoms with van der Waals surface area (Å²) in [6, 6.07) is 4.68. The minimum Gasteiger partial charge on any atom is -0.394 e. The van der Waals surface area contributed by atoms with E-state index < -0.39 is 11.6 Å². The highest BCUT2D eigenvalue weighted by Crippen LogP contribution is 2.17. The van der Waals surface area contributed by atoms with Crippen molar-refractivity contribution in [1.29, 1.82) is 0 Å². The number of carbonyl (C=O) groups is 2. The number of aliphatic hydroxyl groups excluding tert-OH is 1. The lowest BCUT2D eigenvalue weighted by atomic mass is 10.1. The summed E-state index contributed by atoms with van der Waals surface area (Å²) in [6.07, 6.45) is 0.746. The Kier molecular flexibility index (Phi) is 4.44. The molecule has 0 radical (unpaired) electrons. The highest BCUT2D eigenvalue weighted by Gasteiger charge is 2.19. The lowest BCUT2D eigenvalue weighted by molar-refractivity contribution is 0.112. The Bertz CT molecular complexity index is 456. The first-order chi connectivity index (χ1) is 8.39. The lowest BCUT2D eigenvalue weighted by Gasteiger charge is -2.24. The van der Waals surface area contributed by atoms with Crippen LogP contribution in [0.1, 0.15) is 29.8 Å². The summed E-state index contributed by atoms with van der Waals surface area (Å²) in [5.74, 6) is 0. The molecular weight excluding hydrogens is 232 g/mol. The van der Waals surface area contributed by atoms with Gasteiger partial charge in [-0.1, -0.05) is 12.1 Å². The molecule has 18 heavy (non-hydrogen) atoms. The van der Waals surface area contributed by atoms with Gasteiger partial charge in [0.15, 0.2) is 0 Å². The molecule has 0 atom stereocenters. The molecule has 5 heteroatoms. The van der Waals surface area contributed by atoms with Gasteiger partial charge in [0.25, 0.3) is 0 Å². The maximum atomic E-state index is 11.7. The molecule has 5 nitrogen and oxygen atoms in total. The van der Waals surface area contributed by atoms with E-state index in [9.17, 15) is 9.59 Å². The van der Waals surface area contributed by atoms with Crippen LogP contribution in [0.2, 0.25) is 0 Å². The van der Waals surface area contributed by atoms with Crippen molar-refractivity contribution in [3.8, 4) is 0 Å². The van der Waals surface area contributed by atoms with Crippen LogP contribution in [-0.4, -0.2) is 29.6 Å². The van der Waals surface area contributed by atoms with E-state index in [4.69, 9.17) is 5.11 Å². The van der Waals surface area contributed by atoms with Crippen LogP contribution in [0.25, 0.3) is 0 Å². The maximum Gasteiger partial charge on any atom is 0.319 e. The second-order valence-corrected chi connectivity index (χ2v) is 4.76. The van der Waals surface area contributed by atoms with Crippen LogP contribution < -0.4 is 10.6 Å². The van der Waals surface area contributed by atoms with Crippen molar-refractivity contribution >= 4 is 18.0 Å². The molecule has 1 aromatic carbocycles. The second kappa shape index (κ2) is 5.64. The van der Waals surface area contributed by atoms with Gasteiger partial charge < -0.3 is 15.7 Å². The highest BCUT2D eigenvalue weighted by molar-refractivity contribution is 5.92. The molecule has 0 spiro atoms. The largest absolute Gasteiger partial charge is 0.394 e. The Morgan fingerprint density at radius 3 is 2.67 bits per heavy atom. The fraction of sp³-hybridized carbons (Fsp3) is 0.385. The number of nitrogens with one attached hydrogen (secondary N) is 2. The Balaban J connectivity index is 2.80. The summed E-state index contributed by atoms with van der Waals surface area (Å²) in [5, 5.41) is 14.3. The minimum atomic E-state index is -0.694. The average Bonchev–Trinajstić information content (AvgIpc) is 2.31. The van der Waals surface area contributed by atoms with E-state index in [0.717, 1.165) is 6.29 Å². The summed E-state index contributed by atoms with van der Waals surface area (Å²) in [5.41, 5.74) is 1.13. The first kappa shape index (κ1) is 14.2. The predicted octanol–water partition coefficient (Wildman–Crippen LogP) is 1.70. The number of aliphatic hydroxyl groups is 1. The average molecular weight is 250 g/mol. The molecule has 1 rings (SSSR count). The predicted molar refractivity (Wildman–Crippen MR) is 69.9 cm³/mol. The highest BCUT2D eigenvalue weighted by atomic mass is 16.3. The molecule has 0 bridgehead atoms. The topological polar surface area (TPSA) is 78.4 Å². The number of hydrogen-bond donors (Lipinski definition) is 3. The van der Waals surface area contributed by atoms with E-state index in [1.807, 2.05) is 0 Å². The summed E-state index contributed by atoms with van der Waals surface area (Å²) < 4.78 is 0. The number of anilines is 1. The van der Waals surface area contributed by atoms with Crippen LogP contribution in [0.4, 0.5) is 10.5 Å². The molecule has 0 heterocycles. The van der Waals surface area contributed by atoms with Crippen LogP contribution in [-0.2, 0) is 0 Å². The third-order valence-electron chi connectivity index (χ3n) is 2.60. The number of hydrogen-bond acceptors (Lipinski definition) is 3. The van der Waals surface area contributed by atoms with Crippen molar-refractivity contribution in [1.82, 2.24) is 5.32 Å². The molecule has 0 unspecified atom stereocenters. The number of rotatable bonds is 4. The first-order valence-corrected chi connectivity index (χ1v) is 5.64. The fourth-order valence-electron chi connectivity index (χ4n) is 1.42. The van der Waals surface area contributed by atoms with Crippen LogP contribution in [0.15, 0.2) is 18.2 Å². The second-order valence-electron chi connectivity index (χ2n) is 4.76. The fourth-order valence-corrected chi connectivity index (χ4v) is 1.42. The number of aldehydes is 1. The zero-order chi connectivity index (χ0) is 13.8. The smallest absolute Gasteiger partial charge is 0.319 e. The van der Waals surface area contributed by atoms with E-state index in [-0.39, 0.29) is 6.61 Å². The molecule has 3 N–H and O–H groups in total. The Labute approximate surface area is 106 Å². The molecule has 0 fully saturated rings. The van der Waals surface area contributed by atoms with Gasteiger partial charge in [-0.3, -0.25) is 4.79 Å². The van der Waals surface area contributed by atoms with Gasteiger partial charge in [-0.15, -0.1) is 0 Å². The number of carbonyl (C=O) groups excluding carboxylic acids is 2. The van der Waals surface area contributed by atoms with Crippen molar-refractivity contribution in [2.75, 3.05) is 11.9 Å². The number of urea groups is 1. The summed E-state index contributed by atoms with van der Waals surface area (Å²) in [4.78, 5) is 22.5. The Hall–Kier alpha value is -1.88. The van der Waals surface area contributed by atoms with Crippen molar-refractivity contribution in [3.63, 3.8) is 0 Å². The van der Waals surface area contributed by atoms with E-state index in [1.54, 1.807) is 39.0 Å². The van der Waals surface area contributed by atoms with Crippen LogP contribution in [0.5, 0.6) is 0 Å². The zero-order valence-electron chi connectivity index (χ0n) is 10.8. The quantitative estimate of drug-likeness (QED) is 0.712. The number of amides is 2. The SMILES string of the molecule is Cc1c(C=O)cccc1NC(=O)NC(C)(C)CO. The van der Waals surface area contributed by atoms with Gasteiger partial charge in [0.2, 0.25) is 0 Å². The summed E-state index contributed by atoms with van der Waals surface area (Å²) in [6.45, 7) is 5.02. The summed E-state index contributed by atoms with van der Waals surface area (Å²) >= 11 is 0. The van der Waals surface area contributed by atoms with E-state index in [2.05, 4.69) is 10.6 Å². The molecule has 98 valence electrons. The molecule has 0 aromatic heterocycles. The van der Waals surface area contributed by atoms with Crippen LogP contribution in [0.3, 0.4) is 0 Å². The standard InChI is InChI=1S/C13H18N2O3/c1-9-10(7-16)5-4-6-11(9)14-12(18)15-13(2,3)8-17/h4-7,17H,8H2,1-3H3,(H2,14,15,18). The van der Waals surface area contributed by atoms with Gasteiger partial charge in [-0.05, 0) is 32.4 Å². The van der Waals surface area contributed by atoms with Crippen molar-refractivity contribution in [3.05, 3.63) is 29.3 Å². The van der Waals surface area contributed by atoms with Crippen molar-refractivity contribution < 1.29 is 14.7 Å². The maximum absolute atomic E-state index is 11.7. The molecule has 1 aromatic rings.